The van der Waals surface area contributed by atoms with E-state index in [1.54, 1.807) is 6.07 Å². The summed E-state index contributed by atoms with van der Waals surface area (Å²) in [6, 6.07) is 6.32. The molecule has 1 aliphatic rings. The fraction of sp³-hybridized carbons (Fsp3) is 0.455. The van der Waals surface area contributed by atoms with Gasteiger partial charge in [0.1, 0.15) is 5.82 Å². The number of rotatable bonds is 3. The summed E-state index contributed by atoms with van der Waals surface area (Å²) in [7, 11) is -2.84. The molecule has 0 unspecified atom stereocenters. The number of sulfone groups is 1. The Hall–Kier alpha value is -0.940. The summed E-state index contributed by atoms with van der Waals surface area (Å²) in [5.41, 5.74) is 0.837. The molecule has 2 rings (SSSR count). The maximum Gasteiger partial charge on any atom is 0.151 e. The minimum absolute atomic E-state index is 0.00765. The minimum atomic E-state index is -2.84. The summed E-state index contributed by atoms with van der Waals surface area (Å²) in [6.45, 7) is 0.512. The van der Waals surface area contributed by atoms with Gasteiger partial charge in [-0.15, -0.1) is 0 Å². The molecule has 0 radical (unpaired) electrons. The van der Waals surface area contributed by atoms with E-state index >= 15 is 0 Å². The lowest BCUT2D eigenvalue weighted by Gasteiger charge is -2.10. The van der Waals surface area contributed by atoms with Gasteiger partial charge in [-0.25, -0.2) is 12.8 Å². The van der Waals surface area contributed by atoms with E-state index in [4.69, 9.17) is 0 Å². The molecule has 1 aliphatic heterocycles. The van der Waals surface area contributed by atoms with Crippen molar-refractivity contribution in [1.82, 2.24) is 5.32 Å². The van der Waals surface area contributed by atoms with Crippen molar-refractivity contribution in [2.75, 3.05) is 11.5 Å². The topological polar surface area (TPSA) is 46.2 Å². The van der Waals surface area contributed by atoms with Gasteiger partial charge in [0, 0.05) is 12.6 Å². The summed E-state index contributed by atoms with van der Waals surface area (Å²) in [4.78, 5) is 0. The normalized spacial score (nSPS) is 23.4. The lowest BCUT2D eigenvalue weighted by atomic mass is 10.2. The van der Waals surface area contributed by atoms with Crippen LogP contribution in [0.3, 0.4) is 0 Å². The van der Waals surface area contributed by atoms with Crippen molar-refractivity contribution in [2.24, 2.45) is 0 Å². The van der Waals surface area contributed by atoms with Gasteiger partial charge in [-0.3, -0.25) is 0 Å². The van der Waals surface area contributed by atoms with Crippen molar-refractivity contribution in [3.05, 3.63) is 35.6 Å². The Labute approximate surface area is 94.6 Å². The minimum Gasteiger partial charge on any atom is -0.309 e. The average molecular weight is 243 g/mol. The number of nitrogens with one attached hydrogen (secondary N) is 1. The predicted molar refractivity (Wildman–Crippen MR) is 60.3 cm³/mol. The van der Waals surface area contributed by atoms with Crippen molar-refractivity contribution >= 4 is 9.84 Å². The van der Waals surface area contributed by atoms with Crippen LogP contribution < -0.4 is 5.32 Å². The second-order valence-electron chi connectivity index (χ2n) is 4.11. The first kappa shape index (κ1) is 11.5. The quantitative estimate of drug-likeness (QED) is 0.864. The Bertz CT molecular complexity index is 473. The first-order valence-corrected chi connectivity index (χ1v) is 7.05. The summed E-state index contributed by atoms with van der Waals surface area (Å²) in [5.74, 6) is 0.189. The van der Waals surface area contributed by atoms with E-state index in [1.165, 1.54) is 12.1 Å². The highest BCUT2D eigenvalue weighted by molar-refractivity contribution is 7.91. The summed E-state index contributed by atoms with van der Waals surface area (Å²) in [5, 5.41) is 3.13. The molecule has 1 atom stereocenters. The molecule has 0 bridgehead atoms. The maximum absolute atomic E-state index is 12.9. The van der Waals surface area contributed by atoms with E-state index in [0.717, 1.165) is 5.56 Å². The van der Waals surface area contributed by atoms with Crippen LogP contribution in [0.1, 0.15) is 12.0 Å². The van der Waals surface area contributed by atoms with Crippen LogP contribution >= 0.6 is 0 Å². The highest BCUT2D eigenvalue weighted by Gasteiger charge is 2.27. The van der Waals surface area contributed by atoms with Crippen LogP contribution in [-0.4, -0.2) is 26.0 Å². The lowest BCUT2D eigenvalue weighted by Crippen LogP contribution is -2.29. The Morgan fingerprint density at radius 1 is 1.44 bits per heavy atom. The Balaban J connectivity index is 1.89. The van der Waals surface area contributed by atoms with Gasteiger partial charge in [-0.05, 0) is 24.1 Å². The Morgan fingerprint density at radius 2 is 2.25 bits per heavy atom. The monoisotopic (exact) mass is 243 g/mol. The summed E-state index contributed by atoms with van der Waals surface area (Å²) < 4.78 is 35.3. The fourth-order valence-corrected chi connectivity index (χ4v) is 3.57. The second-order valence-corrected chi connectivity index (χ2v) is 6.34. The van der Waals surface area contributed by atoms with E-state index in [9.17, 15) is 12.8 Å². The van der Waals surface area contributed by atoms with Crippen LogP contribution in [0.4, 0.5) is 4.39 Å². The molecule has 0 saturated carbocycles. The van der Waals surface area contributed by atoms with Gasteiger partial charge in [0.25, 0.3) is 0 Å². The zero-order valence-electron chi connectivity index (χ0n) is 8.82. The van der Waals surface area contributed by atoms with Crippen molar-refractivity contribution in [3.63, 3.8) is 0 Å². The highest BCUT2D eigenvalue weighted by atomic mass is 32.2. The Morgan fingerprint density at radius 3 is 2.88 bits per heavy atom. The molecule has 0 aromatic heterocycles. The Kier molecular flexibility index (Phi) is 3.25. The number of halogens is 1. The summed E-state index contributed by atoms with van der Waals surface area (Å²) in [6.07, 6.45) is 0.650. The zero-order valence-corrected chi connectivity index (χ0v) is 9.63. The molecule has 88 valence electrons. The third kappa shape index (κ3) is 3.02. The van der Waals surface area contributed by atoms with Crippen LogP contribution in [0, 0.1) is 5.82 Å². The molecule has 0 aliphatic carbocycles. The molecule has 1 N–H and O–H groups in total. The van der Waals surface area contributed by atoms with Crippen molar-refractivity contribution in [3.8, 4) is 0 Å². The van der Waals surface area contributed by atoms with Crippen LogP contribution in [0.25, 0.3) is 0 Å². The van der Waals surface area contributed by atoms with Crippen LogP contribution in [0.15, 0.2) is 24.3 Å². The van der Waals surface area contributed by atoms with Crippen molar-refractivity contribution in [1.29, 1.82) is 0 Å². The number of hydrogen-bond donors (Lipinski definition) is 1. The zero-order chi connectivity index (χ0) is 11.6. The van der Waals surface area contributed by atoms with E-state index < -0.39 is 9.84 Å². The SMILES string of the molecule is O=S1(=O)CC[C@@H](NCc2cccc(F)c2)C1. The average Bonchev–Trinajstić information content (AvgIpc) is 2.56. The highest BCUT2D eigenvalue weighted by Crippen LogP contribution is 2.12. The second kappa shape index (κ2) is 4.51. The van der Waals surface area contributed by atoms with Crippen molar-refractivity contribution < 1.29 is 12.8 Å². The smallest absolute Gasteiger partial charge is 0.151 e. The standard InChI is InChI=1S/C11H14FNO2S/c12-10-3-1-2-9(6-10)7-13-11-4-5-16(14,15)8-11/h1-3,6,11,13H,4-5,7-8H2/t11-/m1/s1. The molecule has 1 aromatic carbocycles. The van der Waals surface area contributed by atoms with Gasteiger partial charge in [0.05, 0.1) is 11.5 Å². The third-order valence-electron chi connectivity index (χ3n) is 2.72. The molecule has 0 spiro atoms. The fourth-order valence-electron chi connectivity index (χ4n) is 1.87. The molecular weight excluding hydrogens is 229 g/mol. The molecular formula is C11H14FNO2S. The van der Waals surface area contributed by atoms with Gasteiger partial charge in [0.2, 0.25) is 0 Å². The molecule has 1 fully saturated rings. The van der Waals surface area contributed by atoms with Gasteiger partial charge >= 0.3 is 0 Å². The first-order valence-electron chi connectivity index (χ1n) is 5.23. The van der Waals surface area contributed by atoms with Crippen molar-refractivity contribution in [2.45, 2.75) is 19.0 Å². The van der Waals surface area contributed by atoms with Crippen LogP contribution in [-0.2, 0) is 16.4 Å². The van der Waals surface area contributed by atoms with E-state index in [2.05, 4.69) is 5.32 Å². The van der Waals surface area contributed by atoms with Gasteiger partial charge in [-0.2, -0.15) is 0 Å². The molecule has 1 aromatic rings. The molecule has 1 heterocycles. The van der Waals surface area contributed by atoms with Crippen LogP contribution in [0.5, 0.6) is 0 Å². The summed E-state index contributed by atoms with van der Waals surface area (Å²) >= 11 is 0. The maximum atomic E-state index is 12.9. The van der Waals surface area contributed by atoms with E-state index in [-0.39, 0.29) is 23.4 Å². The predicted octanol–water partition coefficient (Wildman–Crippen LogP) is 1.10. The van der Waals surface area contributed by atoms with Gasteiger partial charge < -0.3 is 5.32 Å². The largest absolute Gasteiger partial charge is 0.309 e. The van der Waals surface area contributed by atoms with Crippen LogP contribution in [0.2, 0.25) is 0 Å². The van der Waals surface area contributed by atoms with Gasteiger partial charge in [0.15, 0.2) is 9.84 Å². The van der Waals surface area contributed by atoms with E-state index in [1.807, 2.05) is 6.07 Å². The first-order chi connectivity index (χ1) is 7.55. The third-order valence-corrected chi connectivity index (χ3v) is 4.48. The number of benzene rings is 1. The van der Waals surface area contributed by atoms with E-state index in [0.29, 0.717) is 13.0 Å². The molecule has 16 heavy (non-hydrogen) atoms. The molecule has 1 saturated heterocycles. The number of hydrogen-bond acceptors (Lipinski definition) is 3. The lowest BCUT2D eigenvalue weighted by molar-refractivity contribution is 0.551. The molecule has 0 amide bonds. The molecule has 5 heteroatoms. The van der Waals surface area contributed by atoms with Gasteiger partial charge in [-0.1, -0.05) is 12.1 Å². The molecule has 3 nitrogen and oxygen atoms in total.